The first-order valence-electron chi connectivity index (χ1n) is 5.67. The highest BCUT2D eigenvalue weighted by Crippen LogP contribution is 2.27. The standard InChI is InChI=1S/C15H20O/c1-5-6-7-10-15(4,16)14-9-8-12(2)13(3)11-14/h8-9,11,16H,7,10H2,1-4H3. The van der Waals surface area contributed by atoms with Crippen molar-refractivity contribution in [2.24, 2.45) is 0 Å². The monoisotopic (exact) mass is 216 g/mol. The fourth-order valence-electron chi connectivity index (χ4n) is 1.65. The lowest BCUT2D eigenvalue weighted by atomic mass is 9.89. The molecule has 0 saturated heterocycles. The minimum Gasteiger partial charge on any atom is -0.385 e. The van der Waals surface area contributed by atoms with Gasteiger partial charge >= 0.3 is 0 Å². The highest BCUT2D eigenvalue weighted by Gasteiger charge is 2.22. The zero-order valence-corrected chi connectivity index (χ0v) is 10.6. The summed E-state index contributed by atoms with van der Waals surface area (Å²) < 4.78 is 0. The molecule has 1 aromatic rings. The summed E-state index contributed by atoms with van der Waals surface area (Å²) >= 11 is 0. The summed E-state index contributed by atoms with van der Waals surface area (Å²) in [6.45, 7) is 7.83. The molecule has 1 aromatic carbocycles. The lowest BCUT2D eigenvalue weighted by Crippen LogP contribution is -2.21. The number of hydrogen-bond donors (Lipinski definition) is 1. The Bertz CT molecular complexity index is 419. The average Bonchev–Trinajstić information content (AvgIpc) is 2.22. The SMILES string of the molecule is CC#CCCC(C)(O)c1ccc(C)c(C)c1. The number of aliphatic hydroxyl groups is 1. The fourth-order valence-corrected chi connectivity index (χ4v) is 1.65. The van der Waals surface area contributed by atoms with E-state index in [4.69, 9.17) is 0 Å². The first kappa shape index (κ1) is 12.8. The van der Waals surface area contributed by atoms with Crippen LogP contribution in [0.3, 0.4) is 0 Å². The molecule has 0 heterocycles. The summed E-state index contributed by atoms with van der Waals surface area (Å²) in [5.74, 6) is 5.84. The van der Waals surface area contributed by atoms with Crippen molar-refractivity contribution in [2.45, 2.75) is 46.1 Å². The van der Waals surface area contributed by atoms with E-state index in [9.17, 15) is 5.11 Å². The Hall–Kier alpha value is -1.26. The lowest BCUT2D eigenvalue weighted by molar-refractivity contribution is 0.0493. The molecule has 1 rings (SSSR count). The zero-order chi connectivity index (χ0) is 12.2. The van der Waals surface area contributed by atoms with Crippen LogP contribution in [0.5, 0.6) is 0 Å². The average molecular weight is 216 g/mol. The van der Waals surface area contributed by atoms with Crippen LogP contribution in [0.25, 0.3) is 0 Å². The van der Waals surface area contributed by atoms with E-state index >= 15 is 0 Å². The van der Waals surface area contributed by atoms with E-state index in [0.717, 1.165) is 12.0 Å². The van der Waals surface area contributed by atoms with Gasteiger partial charge in [0.05, 0.1) is 5.60 Å². The van der Waals surface area contributed by atoms with Crippen molar-refractivity contribution in [1.82, 2.24) is 0 Å². The molecule has 1 heteroatoms. The van der Waals surface area contributed by atoms with Crippen LogP contribution in [-0.2, 0) is 5.60 Å². The molecule has 16 heavy (non-hydrogen) atoms. The van der Waals surface area contributed by atoms with Gasteiger partial charge in [-0.15, -0.1) is 11.8 Å². The predicted octanol–water partition coefficient (Wildman–Crippen LogP) is 3.31. The Morgan fingerprint density at radius 1 is 1.25 bits per heavy atom. The van der Waals surface area contributed by atoms with Crippen LogP contribution in [0, 0.1) is 25.7 Å². The third-order valence-corrected chi connectivity index (χ3v) is 3.04. The van der Waals surface area contributed by atoms with Crippen LogP contribution in [0.15, 0.2) is 18.2 Å². The Morgan fingerprint density at radius 2 is 1.94 bits per heavy atom. The van der Waals surface area contributed by atoms with Crippen molar-refractivity contribution >= 4 is 0 Å². The number of hydrogen-bond acceptors (Lipinski definition) is 1. The van der Waals surface area contributed by atoms with Crippen LogP contribution < -0.4 is 0 Å². The summed E-state index contributed by atoms with van der Waals surface area (Å²) in [7, 11) is 0. The van der Waals surface area contributed by atoms with Gasteiger partial charge in [0, 0.05) is 6.42 Å². The highest BCUT2D eigenvalue weighted by molar-refractivity contribution is 5.33. The summed E-state index contributed by atoms with van der Waals surface area (Å²) in [5, 5.41) is 10.4. The molecule has 0 saturated carbocycles. The van der Waals surface area contributed by atoms with Gasteiger partial charge in [-0.2, -0.15) is 0 Å². The van der Waals surface area contributed by atoms with Gasteiger partial charge in [0.25, 0.3) is 0 Å². The van der Waals surface area contributed by atoms with Crippen molar-refractivity contribution in [3.63, 3.8) is 0 Å². The molecule has 0 aliphatic rings. The van der Waals surface area contributed by atoms with E-state index in [-0.39, 0.29) is 0 Å². The van der Waals surface area contributed by atoms with E-state index < -0.39 is 5.60 Å². The van der Waals surface area contributed by atoms with Gasteiger partial charge in [0.1, 0.15) is 0 Å². The summed E-state index contributed by atoms with van der Waals surface area (Å²) in [4.78, 5) is 0. The molecular formula is C15H20O. The minimum atomic E-state index is -0.775. The van der Waals surface area contributed by atoms with Crippen molar-refractivity contribution in [3.8, 4) is 11.8 Å². The number of rotatable bonds is 3. The maximum absolute atomic E-state index is 10.4. The van der Waals surface area contributed by atoms with Gasteiger partial charge in [-0.05, 0) is 50.8 Å². The van der Waals surface area contributed by atoms with Gasteiger partial charge in [0.2, 0.25) is 0 Å². The van der Waals surface area contributed by atoms with Gasteiger partial charge < -0.3 is 5.11 Å². The first-order valence-corrected chi connectivity index (χ1v) is 5.67. The molecule has 0 amide bonds. The molecule has 1 N–H and O–H groups in total. The Morgan fingerprint density at radius 3 is 2.50 bits per heavy atom. The molecule has 0 radical (unpaired) electrons. The number of benzene rings is 1. The predicted molar refractivity (Wildman–Crippen MR) is 68.2 cm³/mol. The zero-order valence-electron chi connectivity index (χ0n) is 10.6. The van der Waals surface area contributed by atoms with E-state index in [1.165, 1.54) is 11.1 Å². The second kappa shape index (κ2) is 5.18. The largest absolute Gasteiger partial charge is 0.385 e. The van der Waals surface area contributed by atoms with E-state index in [0.29, 0.717) is 6.42 Å². The third kappa shape index (κ3) is 3.12. The smallest absolute Gasteiger partial charge is 0.0877 e. The quantitative estimate of drug-likeness (QED) is 0.768. The van der Waals surface area contributed by atoms with Crippen LogP contribution in [-0.4, -0.2) is 5.11 Å². The summed E-state index contributed by atoms with van der Waals surface area (Å²) in [5.41, 5.74) is 2.68. The molecule has 0 spiro atoms. The Kier molecular flexibility index (Phi) is 4.15. The molecule has 0 fully saturated rings. The maximum atomic E-state index is 10.4. The molecule has 0 aromatic heterocycles. The van der Waals surface area contributed by atoms with Gasteiger partial charge in [0.15, 0.2) is 0 Å². The lowest BCUT2D eigenvalue weighted by Gasteiger charge is -2.23. The number of aryl methyl sites for hydroxylation is 2. The van der Waals surface area contributed by atoms with E-state index in [2.05, 4.69) is 37.8 Å². The molecule has 86 valence electrons. The van der Waals surface area contributed by atoms with Crippen LogP contribution in [0.2, 0.25) is 0 Å². The Labute approximate surface area is 98.5 Å². The maximum Gasteiger partial charge on any atom is 0.0877 e. The van der Waals surface area contributed by atoms with Crippen LogP contribution in [0.1, 0.15) is 43.4 Å². The summed E-state index contributed by atoms with van der Waals surface area (Å²) in [6, 6.07) is 6.13. The van der Waals surface area contributed by atoms with Crippen LogP contribution >= 0.6 is 0 Å². The molecule has 1 unspecified atom stereocenters. The summed E-state index contributed by atoms with van der Waals surface area (Å²) in [6.07, 6.45) is 1.41. The molecule has 0 aliphatic carbocycles. The molecule has 1 nitrogen and oxygen atoms in total. The third-order valence-electron chi connectivity index (χ3n) is 3.04. The highest BCUT2D eigenvalue weighted by atomic mass is 16.3. The van der Waals surface area contributed by atoms with Crippen molar-refractivity contribution in [2.75, 3.05) is 0 Å². The Balaban J connectivity index is 2.87. The minimum absolute atomic E-state index is 0.677. The molecule has 0 aliphatic heterocycles. The van der Waals surface area contributed by atoms with Gasteiger partial charge in [-0.1, -0.05) is 18.2 Å². The first-order chi connectivity index (χ1) is 7.47. The molecule has 1 atom stereocenters. The van der Waals surface area contributed by atoms with Crippen LogP contribution in [0.4, 0.5) is 0 Å². The van der Waals surface area contributed by atoms with Gasteiger partial charge in [-0.25, -0.2) is 0 Å². The van der Waals surface area contributed by atoms with E-state index in [1.807, 2.05) is 19.9 Å². The second-order valence-electron chi connectivity index (χ2n) is 4.50. The molecule has 0 bridgehead atoms. The normalized spacial score (nSPS) is 13.8. The van der Waals surface area contributed by atoms with E-state index in [1.54, 1.807) is 0 Å². The molecular weight excluding hydrogens is 196 g/mol. The topological polar surface area (TPSA) is 20.2 Å². The van der Waals surface area contributed by atoms with Crippen molar-refractivity contribution in [1.29, 1.82) is 0 Å². The van der Waals surface area contributed by atoms with Crippen molar-refractivity contribution in [3.05, 3.63) is 34.9 Å². The second-order valence-corrected chi connectivity index (χ2v) is 4.50. The fraction of sp³-hybridized carbons (Fsp3) is 0.467. The van der Waals surface area contributed by atoms with Crippen molar-refractivity contribution < 1.29 is 5.11 Å². The van der Waals surface area contributed by atoms with Gasteiger partial charge in [-0.3, -0.25) is 0 Å².